The first kappa shape index (κ1) is 28.7. The number of ether oxygens (including phenoxy) is 1. The Bertz CT molecular complexity index is 500. The summed E-state index contributed by atoms with van der Waals surface area (Å²) in [6, 6.07) is 0. The minimum absolute atomic E-state index is 0.339. The summed E-state index contributed by atoms with van der Waals surface area (Å²) in [4.78, 5) is 23.5. The molecule has 186 valence electrons. The predicted octanol–water partition coefficient (Wildman–Crippen LogP) is 8.24. The number of carboxylic acid groups (broad SMARTS) is 1. The molecule has 32 heavy (non-hydrogen) atoms. The maximum Gasteiger partial charge on any atom is 0.310 e. The van der Waals surface area contributed by atoms with Crippen LogP contribution in [0.15, 0.2) is 12.2 Å². The van der Waals surface area contributed by atoms with Crippen molar-refractivity contribution >= 4 is 11.9 Å². The number of carboxylic acids is 1. The average Bonchev–Trinajstić information content (AvgIpc) is 2.80. The number of rotatable bonds is 21. The second-order valence-electron chi connectivity index (χ2n) is 9.67. The Labute approximate surface area is 197 Å². The highest BCUT2D eigenvalue weighted by atomic mass is 16.5. The van der Waals surface area contributed by atoms with Gasteiger partial charge in [-0.05, 0) is 19.3 Å². The minimum atomic E-state index is -0.899. The molecule has 2 atom stereocenters. The molecule has 0 spiro atoms. The third kappa shape index (κ3) is 14.7. The van der Waals surface area contributed by atoms with Crippen LogP contribution >= 0.6 is 0 Å². The fraction of sp³-hybridized carbons (Fsp3) is 0.857. The highest BCUT2D eigenvalue weighted by Gasteiger charge is 2.34. The first-order valence-electron chi connectivity index (χ1n) is 13.7. The van der Waals surface area contributed by atoms with Gasteiger partial charge >= 0.3 is 11.9 Å². The summed E-state index contributed by atoms with van der Waals surface area (Å²) in [6.45, 7) is 2.70. The van der Waals surface area contributed by atoms with Crippen molar-refractivity contribution in [2.45, 2.75) is 135 Å². The molecule has 0 aliphatic heterocycles. The van der Waals surface area contributed by atoms with Crippen LogP contribution in [0.25, 0.3) is 0 Å². The fourth-order valence-electron chi connectivity index (χ4n) is 4.63. The summed E-state index contributed by atoms with van der Waals surface area (Å²) in [5, 5.41) is 9.25. The zero-order valence-electron chi connectivity index (χ0n) is 20.8. The number of hydrogen-bond acceptors (Lipinski definition) is 3. The van der Waals surface area contributed by atoms with Crippen LogP contribution < -0.4 is 0 Å². The number of carbonyl (C=O) groups excluding carboxylic acids is 1. The van der Waals surface area contributed by atoms with Crippen molar-refractivity contribution in [1.29, 1.82) is 0 Å². The Morgan fingerprint density at radius 1 is 0.656 bits per heavy atom. The molecule has 1 aliphatic carbocycles. The summed E-state index contributed by atoms with van der Waals surface area (Å²) in [5.74, 6) is -2.39. The highest BCUT2D eigenvalue weighted by Crippen LogP contribution is 2.27. The molecular formula is C28H50O4. The van der Waals surface area contributed by atoms with Gasteiger partial charge in [-0.25, -0.2) is 0 Å². The van der Waals surface area contributed by atoms with Gasteiger partial charge in [0.15, 0.2) is 0 Å². The van der Waals surface area contributed by atoms with Crippen molar-refractivity contribution in [1.82, 2.24) is 0 Å². The molecule has 4 heteroatoms. The Kier molecular flexibility index (Phi) is 18.2. The SMILES string of the molecule is CCCCCCCCCCCCCCCCCCCCOC(=O)C1CC=CCC1C(=O)O. The lowest BCUT2D eigenvalue weighted by Crippen LogP contribution is -2.32. The summed E-state index contributed by atoms with van der Waals surface area (Å²) >= 11 is 0. The van der Waals surface area contributed by atoms with E-state index in [-0.39, 0.29) is 5.97 Å². The maximum absolute atomic E-state index is 12.2. The predicted molar refractivity (Wildman–Crippen MR) is 133 cm³/mol. The van der Waals surface area contributed by atoms with E-state index in [0.717, 1.165) is 12.8 Å². The third-order valence-electron chi connectivity index (χ3n) is 6.79. The van der Waals surface area contributed by atoms with Crippen LogP contribution in [0.1, 0.15) is 135 Å². The lowest BCUT2D eigenvalue weighted by Gasteiger charge is -2.23. The van der Waals surface area contributed by atoms with E-state index >= 15 is 0 Å². The monoisotopic (exact) mass is 450 g/mol. The van der Waals surface area contributed by atoms with Crippen molar-refractivity contribution in [2.75, 3.05) is 6.61 Å². The van der Waals surface area contributed by atoms with E-state index in [1.54, 1.807) is 0 Å². The summed E-state index contributed by atoms with van der Waals surface area (Å²) < 4.78 is 5.35. The normalized spacial score (nSPS) is 18.0. The van der Waals surface area contributed by atoms with Gasteiger partial charge in [0.2, 0.25) is 0 Å². The van der Waals surface area contributed by atoms with Crippen molar-refractivity contribution < 1.29 is 19.4 Å². The molecule has 1 aliphatic rings. The van der Waals surface area contributed by atoms with Crippen LogP contribution in [0, 0.1) is 11.8 Å². The summed E-state index contributed by atoms with van der Waals surface area (Å²) in [6.07, 6.45) is 28.6. The smallest absolute Gasteiger partial charge is 0.310 e. The first-order chi connectivity index (χ1) is 15.7. The molecule has 0 heterocycles. The molecule has 1 N–H and O–H groups in total. The van der Waals surface area contributed by atoms with Gasteiger partial charge in [-0.15, -0.1) is 0 Å². The molecule has 0 fully saturated rings. The minimum Gasteiger partial charge on any atom is -0.481 e. The lowest BCUT2D eigenvalue weighted by atomic mass is 9.83. The molecule has 2 unspecified atom stereocenters. The van der Waals surface area contributed by atoms with Gasteiger partial charge in [-0.2, -0.15) is 0 Å². The van der Waals surface area contributed by atoms with E-state index < -0.39 is 17.8 Å². The molecule has 0 saturated carbocycles. The molecule has 0 radical (unpaired) electrons. The maximum atomic E-state index is 12.2. The Morgan fingerprint density at radius 2 is 1.03 bits per heavy atom. The van der Waals surface area contributed by atoms with E-state index in [9.17, 15) is 14.7 Å². The van der Waals surface area contributed by atoms with Crippen molar-refractivity contribution in [3.05, 3.63) is 12.2 Å². The van der Waals surface area contributed by atoms with Crippen LogP contribution in [0.4, 0.5) is 0 Å². The van der Waals surface area contributed by atoms with Gasteiger partial charge in [0.05, 0.1) is 18.4 Å². The molecule has 0 aromatic heterocycles. The number of unbranched alkanes of at least 4 members (excludes halogenated alkanes) is 17. The Hall–Kier alpha value is -1.32. The molecule has 0 aromatic carbocycles. The first-order valence-corrected chi connectivity index (χ1v) is 13.7. The molecule has 1 rings (SSSR count). The van der Waals surface area contributed by atoms with Crippen LogP contribution in [-0.4, -0.2) is 23.7 Å². The van der Waals surface area contributed by atoms with Gasteiger partial charge < -0.3 is 9.84 Å². The molecule has 0 aromatic rings. The number of allylic oxidation sites excluding steroid dienone is 2. The van der Waals surface area contributed by atoms with Crippen LogP contribution in [0.2, 0.25) is 0 Å². The Balaban J connectivity index is 1.81. The lowest BCUT2D eigenvalue weighted by molar-refractivity contribution is -0.158. The average molecular weight is 451 g/mol. The zero-order chi connectivity index (χ0) is 23.3. The van der Waals surface area contributed by atoms with Crippen molar-refractivity contribution in [3.8, 4) is 0 Å². The van der Waals surface area contributed by atoms with Gasteiger partial charge in [0, 0.05) is 0 Å². The van der Waals surface area contributed by atoms with Crippen LogP contribution in [0.3, 0.4) is 0 Å². The van der Waals surface area contributed by atoms with Crippen LogP contribution in [-0.2, 0) is 14.3 Å². The van der Waals surface area contributed by atoms with Crippen molar-refractivity contribution in [3.63, 3.8) is 0 Å². The number of esters is 1. The van der Waals surface area contributed by atoms with E-state index in [4.69, 9.17) is 4.74 Å². The number of hydrogen-bond donors (Lipinski definition) is 1. The molecule has 4 nitrogen and oxygen atoms in total. The van der Waals surface area contributed by atoms with Gasteiger partial charge in [0.1, 0.15) is 0 Å². The topological polar surface area (TPSA) is 63.6 Å². The van der Waals surface area contributed by atoms with Gasteiger partial charge in [0.25, 0.3) is 0 Å². The van der Waals surface area contributed by atoms with E-state index in [2.05, 4.69) is 6.92 Å². The van der Waals surface area contributed by atoms with E-state index in [1.807, 2.05) is 12.2 Å². The number of carbonyl (C=O) groups is 2. The van der Waals surface area contributed by atoms with Gasteiger partial charge in [-0.1, -0.05) is 128 Å². The second-order valence-corrected chi connectivity index (χ2v) is 9.67. The molecule has 0 amide bonds. The molecule has 0 saturated heterocycles. The summed E-state index contributed by atoms with van der Waals surface area (Å²) in [5.41, 5.74) is 0. The molecular weight excluding hydrogens is 400 g/mol. The summed E-state index contributed by atoms with van der Waals surface area (Å²) in [7, 11) is 0. The fourth-order valence-corrected chi connectivity index (χ4v) is 4.63. The largest absolute Gasteiger partial charge is 0.481 e. The third-order valence-corrected chi connectivity index (χ3v) is 6.79. The quantitative estimate of drug-likeness (QED) is 0.109. The second kappa shape index (κ2) is 20.3. The van der Waals surface area contributed by atoms with E-state index in [1.165, 1.54) is 103 Å². The number of aliphatic carboxylic acids is 1. The van der Waals surface area contributed by atoms with Gasteiger partial charge in [-0.3, -0.25) is 9.59 Å². The standard InChI is InChI=1S/C28H50O4/c1-2-3-4-5-6-7-8-9-10-11-12-13-14-15-16-17-18-21-24-32-28(31)26-23-20-19-22-25(26)27(29)30/h19-20,25-26H,2-18,21-24H2,1H3,(H,29,30). The van der Waals surface area contributed by atoms with E-state index in [0.29, 0.717) is 19.4 Å². The van der Waals surface area contributed by atoms with Crippen LogP contribution in [0.5, 0.6) is 0 Å². The Morgan fingerprint density at radius 3 is 1.44 bits per heavy atom. The highest BCUT2D eigenvalue weighted by molar-refractivity contribution is 5.81. The molecule has 0 bridgehead atoms. The van der Waals surface area contributed by atoms with Crippen molar-refractivity contribution in [2.24, 2.45) is 11.8 Å². The zero-order valence-corrected chi connectivity index (χ0v) is 20.8.